The Hall–Kier alpha value is -4.56. The van der Waals surface area contributed by atoms with Gasteiger partial charge in [-0.3, -0.25) is 4.90 Å². The molecule has 0 amide bonds. The summed E-state index contributed by atoms with van der Waals surface area (Å²) < 4.78 is 46.5. The molecule has 9 nitrogen and oxygen atoms in total. The maximum Gasteiger partial charge on any atom is 0.338 e. The molecule has 0 bridgehead atoms. The van der Waals surface area contributed by atoms with Crippen molar-refractivity contribution in [3.63, 3.8) is 0 Å². The van der Waals surface area contributed by atoms with Crippen LogP contribution < -0.4 is 9.47 Å². The lowest BCUT2D eigenvalue weighted by atomic mass is 9.93. The molecule has 0 spiro atoms. The number of carbonyl (C=O) groups excluding carboxylic acids is 1. The number of imidazole rings is 1. The Labute approximate surface area is 255 Å². The molecule has 2 aromatic carbocycles. The Morgan fingerprint density at radius 1 is 1.14 bits per heavy atom. The van der Waals surface area contributed by atoms with Gasteiger partial charge in [-0.25, -0.2) is 23.5 Å². The molecule has 0 N–H and O–H groups in total. The highest BCUT2D eigenvalue weighted by Gasteiger charge is 2.27. The number of aryl methyl sites for hydroxylation is 1. The van der Waals surface area contributed by atoms with Gasteiger partial charge in [-0.1, -0.05) is 12.1 Å². The summed E-state index contributed by atoms with van der Waals surface area (Å²) in [4.78, 5) is 24.2. The van der Waals surface area contributed by atoms with Gasteiger partial charge in [-0.15, -0.1) is 0 Å². The number of carbonyl (C=O) groups is 1. The lowest BCUT2D eigenvalue weighted by Crippen LogP contribution is -2.33. The smallest absolute Gasteiger partial charge is 0.338 e. The summed E-state index contributed by atoms with van der Waals surface area (Å²) in [5.41, 5.74) is 2.03. The van der Waals surface area contributed by atoms with Crippen LogP contribution in [0.25, 0.3) is 11.0 Å². The number of halogens is 2. The molecule has 0 radical (unpaired) electrons. The number of ether oxygens (including phenoxy) is 3. The number of esters is 1. The van der Waals surface area contributed by atoms with Gasteiger partial charge in [0.1, 0.15) is 41.8 Å². The van der Waals surface area contributed by atoms with Crippen LogP contribution in [0.4, 0.5) is 8.78 Å². The summed E-state index contributed by atoms with van der Waals surface area (Å²) in [5, 5.41) is 8.94. The predicted molar refractivity (Wildman–Crippen MR) is 160 cm³/mol. The second kappa shape index (κ2) is 13.0. The molecule has 1 aliphatic heterocycles. The maximum atomic E-state index is 14.3. The van der Waals surface area contributed by atoms with E-state index in [2.05, 4.69) is 4.90 Å². The highest BCUT2D eigenvalue weighted by Crippen LogP contribution is 2.33. The van der Waals surface area contributed by atoms with Crippen LogP contribution in [0.5, 0.6) is 11.6 Å². The molecule has 4 aromatic rings. The number of methoxy groups -OCH3 is 1. The first-order valence-electron chi connectivity index (χ1n) is 14.4. The van der Waals surface area contributed by atoms with Crippen LogP contribution in [-0.4, -0.2) is 57.9 Å². The number of likely N-dealkylation sites (tertiary alicyclic amines) is 1. The average Bonchev–Trinajstić information content (AvgIpc) is 3.35. The van der Waals surface area contributed by atoms with Gasteiger partial charge in [0, 0.05) is 30.3 Å². The van der Waals surface area contributed by atoms with E-state index in [0.717, 1.165) is 37.4 Å². The van der Waals surface area contributed by atoms with Crippen molar-refractivity contribution in [3.8, 4) is 17.7 Å². The zero-order valence-corrected chi connectivity index (χ0v) is 25.3. The highest BCUT2D eigenvalue weighted by molar-refractivity contribution is 5.96. The number of nitriles is 1. The van der Waals surface area contributed by atoms with Gasteiger partial charge in [-0.2, -0.15) is 5.26 Å². The third-order valence-corrected chi connectivity index (χ3v) is 7.85. The van der Waals surface area contributed by atoms with Crippen LogP contribution in [0.3, 0.4) is 0 Å². The number of nitrogens with zero attached hydrogens (tertiary/aromatic N) is 5. The molecular weight excluding hydrogens is 568 g/mol. The van der Waals surface area contributed by atoms with Gasteiger partial charge < -0.3 is 18.8 Å². The monoisotopic (exact) mass is 603 g/mol. The third kappa shape index (κ3) is 6.81. The van der Waals surface area contributed by atoms with Crippen LogP contribution in [0, 0.1) is 17.1 Å². The fourth-order valence-corrected chi connectivity index (χ4v) is 5.30. The lowest BCUT2D eigenvalue weighted by Gasteiger charge is -2.31. The summed E-state index contributed by atoms with van der Waals surface area (Å²) in [6, 6.07) is 15.1. The van der Waals surface area contributed by atoms with E-state index in [0.29, 0.717) is 40.3 Å². The number of alkyl halides is 1. The fourth-order valence-electron chi connectivity index (χ4n) is 5.30. The van der Waals surface area contributed by atoms with Crippen molar-refractivity contribution < 1.29 is 27.8 Å². The van der Waals surface area contributed by atoms with Gasteiger partial charge in [0.2, 0.25) is 5.88 Å². The number of pyridine rings is 1. The third-order valence-electron chi connectivity index (χ3n) is 7.85. The summed E-state index contributed by atoms with van der Waals surface area (Å²) in [5.74, 6) is 0.808. The van der Waals surface area contributed by atoms with Gasteiger partial charge in [-0.05, 0) is 70.1 Å². The van der Waals surface area contributed by atoms with Crippen molar-refractivity contribution in [2.75, 3.05) is 26.9 Å². The number of hydrogen-bond acceptors (Lipinski definition) is 8. The normalized spacial score (nSPS) is 14.4. The number of fused-ring (bicyclic) bond motifs is 1. The molecule has 0 saturated carbocycles. The van der Waals surface area contributed by atoms with E-state index in [9.17, 15) is 13.6 Å². The van der Waals surface area contributed by atoms with Crippen molar-refractivity contribution in [2.24, 2.45) is 7.05 Å². The van der Waals surface area contributed by atoms with E-state index in [1.807, 2.05) is 29.8 Å². The second-order valence-electron chi connectivity index (χ2n) is 11.6. The van der Waals surface area contributed by atoms with Crippen LogP contribution in [-0.2, 0) is 24.9 Å². The SMILES string of the molecule is COC(=O)c1cc(OC(C)(C)CF)c2nc(CN3CCC(c4cccc(OCc5ccc(C#N)cc5F)n4)CC3)n(C)c2c1. The van der Waals surface area contributed by atoms with Crippen molar-refractivity contribution >= 4 is 17.0 Å². The second-order valence-corrected chi connectivity index (χ2v) is 11.6. The highest BCUT2D eigenvalue weighted by atomic mass is 19.1. The maximum absolute atomic E-state index is 14.3. The van der Waals surface area contributed by atoms with E-state index < -0.39 is 24.1 Å². The summed E-state index contributed by atoms with van der Waals surface area (Å²) in [6.07, 6.45) is 1.77. The average molecular weight is 604 g/mol. The van der Waals surface area contributed by atoms with E-state index in [1.54, 1.807) is 44.2 Å². The number of aromatic nitrogens is 3. The Morgan fingerprint density at radius 2 is 1.91 bits per heavy atom. The Kier molecular flexibility index (Phi) is 9.11. The van der Waals surface area contributed by atoms with Crippen LogP contribution in [0.1, 0.15) is 65.6 Å². The topological polar surface area (TPSA) is 102 Å². The van der Waals surface area contributed by atoms with Gasteiger partial charge in [0.15, 0.2) is 0 Å². The minimum absolute atomic E-state index is 0.0175. The van der Waals surface area contributed by atoms with E-state index in [-0.39, 0.29) is 18.1 Å². The molecule has 0 atom stereocenters. The minimum Gasteiger partial charge on any atom is -0.483 e. The zero-order chi connectivity index (χ0) is 31.4. The summed E-state index contributed by atoms with van der Waals surface area (Å²) in [6.45, 7) is 4.83. The molecule has 2 aromatic heterocycles. The molecule has 1 aliphatic rings. The largest absolute Gasteiger partial charge is 0.483 e. The molecule has 0 aliphatic carbocycles. The number of hydrogen-bond donors (Lipinski definition) is 0. The quantitative estimate of drug-likeness (QED) is 0.208. The van der Waals surface area contributed by atoms with Crippen LogP contribution >= 0.6 is 0 Å². The van der Waals surface area contributed by atoms with E-state index in [1.165, 1.54) is 13.2 Å². The van der Waals surface area contributed by atoms with Crippen LogP contribution in [0.15, 0.2) is 48.5 Å². The lowest BCUT2D eigenvalue weighted by molar-refractivity contribution is 0.0596. The first-order chi connectivity index (χ1) is 21.1. The predicted octanol–water partition coefficient (Wildman–Crippen LogP) is 5.85. The van der Waals surface area contributed by atoms with Crippen LogP contribution in [0.2, 0.25) is 0 Å². The van der Waals surface area contributed by atoms with Crippen molar-refractivity contribution in [1.82, 2.24) is 19.4 Å². The van der Waals surface area contributed by atoms with Gasteiger partial charge in [0.05, 0.1) is 36.4 Å². The molecule has 5 rings (SSSR count). The molecular formula is C33H35F2N5O4. The molecule has 3 heterocycles. The number of benzene rings is 2. The first-order valence-corrected chi connectivity index (χ1v) is 14.4. The Morgan fingerprint density at radius 3 is 2.59 bits per heavy atom. The molecule has 1 fully saturated rings. The molecule has 1 saturated heterocycles. The standard InChI is InChI=1S/C33H35F2N5O4/c1-33(2,20-34)44-28-16-24(32(41)42-4)15-27-31(28)38-29(39(27)3)18-40-12-10-22(11-13-40)26-6-5-7-30(37-26)43-19-23-9-8-21(17-36)14-25(23)35/h5-9,14-16,22H,10-13,18-20H2,1-4H3. The molecule has 230 valence electrons. The molecule has 11 heteroatoms. The molecule has 44 heavy (non-hydrogen) atoms. The van der Waals surface area contributed by atoms with Gasteiger partial charge in [0.25, 0.3) is 0 Å². The Balaban J connectivity index is 1.25. The number of piperidine rings is 1. The zero-order valence-electron chi connectivity index (χ0n) is 25.3. The minimum atomic E-state index is -1.09. The van der Waals surface area contributed by atoms with Crippen molar-refractivity contribution in [3.05, 3.63) is 82.6 Å². The van der Waals surface area contributed by atoms with E-state index >= 15 is 0 Å². The van der Waals surface area contributed by atoms with E-state index in [4.69, 9.17) is 29.4 Å². The summed E-state index contributed by atoms with van der Waals surface area (Å²) in [7, 11) is 3.20. The van der Waals surface area contributed by atoms with Crippen molar-refractivity contribution in [2.45, 2.75) is 51.4 Å². The number of rotatable bonds is 10. The Bertz CT molecular complexity index is 1710. The first kappa shape index (κ1) is 30.9. The summed E-state index contributed by atoms with van der Waals surface area (Å²) >= 11 is 0. The fraction of sp³-hybridized carbons (Fsp3) is 0.394. The molecule has 0 unspecified atom stereocenters. The van der Waals surface area contributed by atoms with Crippen molar-refractivity contribution in [1.29, 1.82) is 5.26 Å². The van der Waals surface area contributed by atoms with Gasteiger partial charge >= 0.3 is 5.97 Å².